The lowest BCUT2D eigenvalue weighted by Crippen LogP contribution is -2.45. The Balaban J connectivity index is 1.22. The molecule has 3 heterocycles. The van der Waals surface area contributed by atoms with E-state index in [2.05, 4.69) is 38.8 Å². The van der Waals surface area contributed by atoms with Crippen LogP contribution in [0.4, 0.5) is 0 Å². The molecule has 2 aliphatic heterocycles. The van der Waals surface area contributed by atoms with E-state index >= 15 is 0 Å². The van der Waals surface area contributed by atoms with E-state index in [1.165, 1.54) is 61.4 Å². The van der Waals surface area contributed by atoms with Gasteiger partial charge >= 0.3 is 0 Å². The number of rotatable bonds is 5. The maximum absolute atomic E-state index is 12.5. The number of benzene rings is 1. The Hall–Kier alpha value is -1.30. The average molecular weight is 401 g/mol. The quantitative estimate of drug-likeness (QED) is 0.786. The van der Waals surface area contributed by atoms with Crippen molar-refractivity contribution in [3.05, 3.63) is 46.7 Å². The van der Waals surface area contributed by atoms with Crippen LogP contribution in [0.5, 0.6) is 0 Å². The fourth-order valence-corrected chi connectivity index (χ4v) is 5.90. The minimum atomic E-state index is 0.0543. The highest BCUT2D eigenvalue weighted by molar-refractivity contribution is 7.99. The molecule has 0 spiro atoms. The van der Waals surface area contributed by atoms with Crippen LogP contribution in [0.25, 0.3) is 11.1 Å². The monoisotopic (exact) mass is 400 g/mol. The zero-order valence-electron chi connectivity index (χ0n) is 15.7. The summed E-state index contributed by atoms with van der Waals surface area (Å²) < 4.78 is 0. The van der Waals surface area contributed by atoms with Crippen LogP contribution in [0.15, 0.2) is 41.1 Å². The van der Waals surface area contributed by atoms with Crippen molar-refractivity contribution < 1.29 is 4.79 Å². The number of amides is 1. The van der Waals surface area contributed by atoms with Crippen LogP contribution in [0.3, 0.4) is 0 Å². The molecule has 27 heavy (non-hydrogen) atoms. The Labute approximate surface area is 170 Å². The van der Waals surface area contributed by atoms with Crippen molar-refractivity contribution in [2.24, 2.45) is 5.92 Å². The number of carbonyl (C=O) groups is 1. The molecule has 1 amide bonds. The number of hydrogen-bond donors (Lipinski definition) is 1. The zero-order valence-corrected chi connectivity index (χ0v) is 17.4. The van der Waals surface area contributed by atoms with Crippen LogP contribution >= 0.6 is 23.1 Å². The summed E-state index contributed by atoms with van der Waals surface area (Å²) in [7, 11) is 0. The third-order valence-corrected chi connectivity index (χ3v) is 7.64. The molecule has 0 radical (unpaired) electrons. The van der Waals surface area contributed by atoms with Crippen molar-refractivity contribution in [1.82, 2.24) is 10.2 Å². The van der Waals surface area contributed by atoms with Gasteiger partial charge in [0.25, 0.3) is 5.91 Å². The van der Waals surface area contributed by atoms with Crippen LogP contribution in [0.1, 0.15) is 36.0 Å². The molecule has 0 unspecified atom stereocenters. The Kier molecular flexibility index (Phi) is 6.53. The Bertz CT molecular complexity index is 715. The molecule has 0 bridgehead atoms. The summed E-state index contributed by atoms with van der Waals surface area (Å²) in [6, 6.07) is 10.9. The van der Waals surface area contributed by atoms with Gasteiger partial charge in [-0.3, -0.25) is 4.79 Å². The van der Waals surface area contributed by atoms with Gasteiger partial charge in [-0.2, -0.15) is 23.1 Å². The van der Waals surface area contributed by atoms with Crippen molar-refractivity contribution in [3.8, 4) is 11.1 Å². The van der Waals surface area contributed by atoms with Crippen molar-refractivity contribution in [3.63, 3.8) is 0 Å². The Morgan fingerprint density at radius 2 is 1.74 bits per heavy atom. The molecule has 2 aromatic rings. The van der Waals surface area contributed by atoms with Crippen LogP contribution in [-0.4, -0.2) is 48.0 Å². The molecule has 2 saturated heterocycles. The lowest BCUT2D eigenvalue weighted by atomic mass is 9.94. The largest absolute Gasteiger partial charge is 0.352 e. The highest BCUT2D eigenvalue weighted by Gasteiger charge is 2.26. The number of thiophene rings is 1. The van der Waals surface area contributed by atoms with Gasteiger partial charge in [0.15, 0.2) is 0 Å². The third kappa shape index (κ3) is 4.95. The molecule has 0 saturated carbocycles. The number of thioether (sulfide) groups is 1. The molecular formula is C22H28N2OS2. The van der Waals surface area contributed by atoms with Crippen LogP contribution in [0.2, 0.25) is 0 Å². The second-order valence-electron chi connectivity index (χ2n) is 7.62. The highest BCUT2D eigenvalue weighted by atomic mass is 32.2. The molecule has 1 aromatic carbocycles. The second kappa shape index (κ2) is 9.26. The van der Waals surface area contributed by atoms with Gasteiger partial charge in [-0.15, -0.1) is 0 Å². The standard InChI is InChI=1S/C22H28N2OS2/c25-22(19-3-1-18(2-4-19)20-7-12-27-16-20)23-15-17-5-10-24(11-6-17)21-8-13-26-14-9-21/h1-4,7,12,16-17,21H,5-6,8-11,13-15H2,(H,23,25). The van der Waals surface area contributed by atoms with E-state index in [-0.39, 0.29) is 5.91 Å². The zero-order chi connectivity index (χ0) is 18.5. The molecular weight excluding hydrogens is 372 g/mol. The van der Waals surface area contributed by atoms with E-state index in [9.17, 15) is 4.79 Å². The van der Waals surface area contributed by atoms with Gasteiger partial charge in [-0.1, -0.05) is 12.1 Å². The SMILES string of the molecule is O=C(NCC1CCN(C2CCSCC2)CC1)c1ccc(-c2ccsc2)cc1. The summed E-state index contributed by atoms with van der Waals surface area (Å²) in [5.74, 6) is 3.32. The lowest BCUT2D eigenvalue weighted by Gasteiger charge is -2.39. The first-order valence-corrected chi connectivity index (χ1v) is 12.1. The molecule has 2 fully saturated rings. The van der Waals surface area contributed by atoms with Gasteiger partial charge in [0.05, 0.1) is 0 Å². The lowest BCUT2D eigenvalue weighted by molar-refractivity contribution is 0.0920. The third-order valence-electron chi connectivity index (χ3n) is 5.91. The molecule has 0 aliphatic carbocycles. The van der Waals surface area contributed by atoms with Crippen LogP contribution in [0, 0.1) is 5.92 Å². The molecule has 1 aromatic heterocycles. The van der Waals surface area contributed by atoms with E-state index in [1.807, 2.05) is 24.3 Å². The van der Waals surface area contributed by atoms with Gasteiger partial charge in [-0.25, -0.2) is 0 Å². The minimum Gasteiger partial charge on any atom is -0.352 e. The average Bonchev–Trinajstić information content (AvgIpc) is 3.28. The predicted molar refractivity (Wildman–Crippen MR) is 117 cm³/mol. The number of carbonyl (C=O) groups excluding carboxylic acids is 1. The van der Waals surface area contributed by atoms with E-state index < -0.39 is 0 Å². The van der Waals surface area contributed by atoms with E-state index in [0.29, 0.717) is 5.92 Å². The van der Waals surface area contributed by atoms with Gasteiger partial charge in [0.2, 0.25) is 0 Å². The van der Waals surface area contributed by atoms with Crippen molar-refractivity contribution >= 4 is 29.0 Å². The molecule has 144 valence electrons. The maximum atomic E-state index is 12.5. The molecule has 2 aliphatic rings. The molecule has 1 N–H and O–H groups in total. The fourth-order valence-electron chi connectivity index (χ4n) is 4.15. The molecule has 3 nitrogen and oxygen atoms in total. The topological polar surface area (TPSA) is 32.3 Å². The van der Waals surface area contributed by atoms with Gasteiger partial charge in [0, 0.05) is 18.2 Å². The second-order valence-corrected chi connectivity index (χ2v) is 9.63. The first kappa shape index (κ1) is 19.0. The molecule has 0 atom stereocenters. The summed E-state index contributed by atoms with van der Waals surface area (Å²) in [6.07, 6.45) is 5.13. The Morgan fingerprint density at radius 3 is 2.41 bits per heavy atom. The fraction of sp³-hybridized carbons (Fsp3) is 0.500. The normalized spacial score (nSPS) is 19.9. The van der Waals surface area contributed by atoms with Crippen LogP contribution in [-0.2, 0) is 0 Å². The first-order valence-electron chi connectivity index (χ1n) is 10.0. The minimum absolute atomic E-state index is 0.0543. The van der Waals surface area contributed by atoms with Gasteiger partial charge < -0.3 is 10.2 Å². The van der Waals surface area contributed by atoms with E-state index in [4.69, 9.17) is 0 Å². The summed E-state index contributed by atoms with van der Waals surface area (Å²) in [4.78, 5) is 15.2. The highest BCUT2D eigenvalue weighted by Crippen LogP contribution is 2.26. The van der Waals surface area contributed by atoms with E-state index in [0.717, 1.165) is 18.2 Å². The smallest absolute Gasteiger partial charge is 0.251 e. The molecule has 5 heteroatoms. The number of hydrogen-bond acceptors (Lipinski definition) is 4. The van der Waals surface area contributed by atoms with Crippen molar-refractivity contribution in [2.45, 2.75) is 31.7 Å². The number of nitrogens with one attached hydrogen (secondary N) is 1. The van der Waals surface area contributed by atoms with Gasteiger partial charge in [0.1, 0.15) is 0 Å². The summed E-state index contributed by atoms with van der Waals surface area (Å²) in [6.45, 7) is 3.20. The predicted octanol–water partition coefficient (Wildman–Crippen LogP) is 4.75. The van der Waals surface area contributed by atoms with Crippen molar-refractivity contribution in [2.75, 3.05) is 31.1 Å². The maximum Gasteiger partial charge on any atom is 0.251 e. The van der Waals surface area contributed by atoms with Crippen molar-refractivity contribution in [1.29, 1.82) is 0 Å². The van der Waals surface area contributed by atoms with Gasteiger partial charge in [-0.05, 0) is 96.3 Å². The summed E-state index contributed by atoms with van der Waals surface area (Å²) in [5, 5.41) is 7.37. The molecule has 4 rings (SSSR count). The first-order chi connectivity index (χ1) is 13.3. The summed E-state index contributed by atoms with van der Waals surface area (Å²) >= 11 is 3.79. The van der Waals surface area contributed by atoms with E-state index in [1.54, 1.807) is 11.3 Å². The summed E-state index contributed by atoms with van der Waals surface area (Å²) in [5.41, 5.74) is 3.14. The Morgan fingerprint density at radius 1 is 1.00 bits per heavy atom. The van der Waals surface area contributed by atoms with Crippen LogP contribution < -0.4 is 5.32 Å². The number of nitrogens with zero attached hydrogens (tertiary/aromatic N) is 1. The number of piperidine rings is 1. The number of likely N-dealkylation sites (tertiary alicyclic amines) is 1.